The molecule has 1 heterocycles. The number of hydrogen-bond donors (Lipinski definition) is 0. The molecular formula is C21H26ClFN2O3. The van der Waals surface area contributed by atoms with Crippen molar-refractivity contribution in [2.75, 3.05) is 13.1 Å². The molecule has 0 saturated carbocycles. The van der Waals surface area contributed by atoms with Gasteiger partial charge in [0.05, 0.1) is 13.1 Å². The summed E-state index contributed by atoms with van der Waals surface area (Å²) in [6.45, 7) is 6.29. The molecule has 2 aromatic rings. The highest BCUT2D eigenvalue weighted by Crippen LogP contribution is 2.15. The van der Waals surface area contributed by atoms with Crippen LogP contribution in [0.4, 0.5) is 4.39 Å². The maximum Gasteiger partial charge on any atom is 0.242 e. The number of carbonyl (C=O) groups is 2. The average molecular weight is 409 g/mol. The third kappa shape index (κ3) is 6.37. The van der Waals surface area contributed by atoms with E-state index in [1.54, 1.807) is 24.0 Å². The summed E-state index contributed by atoms with van der Waals surface area (Å²) in [4.78, 5) is 28.4. The largest absolute Gasteiger partial charge is 0.464 e. The molecule has 0 aliphatic rings. The number of furan rings is 1. The Morgan fingerprint density at radius 3 is 2.32 bits per heavy atom. The van der Waals surface area contributed by atoms with Crippen molar-refractivity contribution in [2.45, 2.75) is 45.7 Å². The topological polar surface area (TPSA) is 53.8 Å². The van der Waals surface area contributed by atoms with Gasteiger partial charge in [0, 0.05) is 13.1 Å². The molecule has 152 valence electrons. The van der Waals surface area contributed by atoms with Crippen LogP contribution in [0.15, 0.2) is 40.8 Å². The fourth-order valence-electron chi connectivity index (χ4n) is 2.85. The molecule has 1 aromatic heterocycles. The zero-order chi connectivity index (χ0) is 20.7. The van der Waals surface area contributed by atoms with Gasteiger partial charge in [-0.1, -0.05) is 19.1 Å². The number of hydrogen-bond acceptors (Lipinski definition) is 3. The van der Waals surface area contributed by atoms with Crippen LogP contribution in [0.1, 0.15) is 37.4 Å². The molecule has 0 saturated heterocycles. The molecule has 1 aromatic carbocycles. The molecule has 0 aliphatic heterocycles. The second-order valence-electron chi connectivity index (χ2n) is 6.76. The van der Waals surface area contributed by atoms with Crippen molar-refractivity contribution in [1.82, 2.24) is 9.80 Å². The molecule has 0 aliphatic carbocycles. The van der Waals surface area contributed by atoms with E-state index < -0.39 is 5.38 Å². The maximum atomic E-state index is 13.2. The molecule has 0 bridgehead atoms. The van der Waals surface area contributed by atoms with Gasteiger partial charge in [0.15, 0.2) is 0 Å². The summed E-state index contributed by atoms with van der Waals surface area (Å²) in [6.07, 6.45) is 0.720. The van der Waals surface area contributed by atoms with Crippen LogP contribution >= 0.6 is 11.6 Å². The Bertz CT molecular complexity index is 789. The highest BCUT2D eigenvalue weighted by molar-refractivity contribution is 6.30. The second-order valence-corrected chi connectivity index (χ2v) is 7.42. The summed E-state index contributed by atoms with van der Waals surface area (Å²) in [5.41, 5.74) is 0.789. The minimum atomic E-state index is -0.697. The Morgan fingerprint density at radius 2 is 1.79 bits per heavy atom. The number of nitrogens with zero attached hydrogens (tertiary/aromatic N) is 2. The lowest BCUT2D eigenvalue weighted by atomic mass is 10.2. The summed E-state index contributed by atoms with van der Waals surface area (Å²) in [7, 11) is 0. The van der Waals surface area contributed by atoms with E-state index in [4.69, 9.17) is 16.0 Å². The molecule has 0 fully saturated rings. The lowest BCUT2D eigenvalue weighted by molar-refractivity contribution is -0.141. The van der Waals surface area contributed by atoms with Crippen molar-refractivity contribution in [3.63, 3.8) is 0 Å². The van der Waals surface area contributed by atoms with E-state index in [0.717, 1.165) is 17.7 Å². The minimum Gasteiger partial charge on any atom is -0.464 e. The third-order valence-electron chi connectivity index (χ3n) is 4.25. The molecule has 0 radical (unpaired) electrons. The monoisotopic (exact) mass is 408 g/mol. The van der Waals surface area contributed by atoms with Gasteiger partial charge >= 0.3 is 0 Å². The Hall–Kier alpha value is -2.34. The quantitative estimate of drug-likeness (QED) is 0.586. The van der Waals surface area contributed by atoms with Gasteiger partial charge in [-0.25, -0.2) is 4.39 Å². The second kappa shape index (κ2) is 10.3. The molecule has 0 N–H and O–H groups in total. The normalized spacial score (nSPS) is 11.9. The first-order chi connectivity index (χ1) is 13.3. The summed E-state index contributed by atoms with van der Waals surface area (Å²) < 4.78 is 18.8. The molecule has 2 rings (SSSR count). The first-order valence-corrected chi connectivity index (χ1v) is 9.74. The smallest absolute Gasteiger partial charge is 0.242 e. The van der Waals surface area contributed by atoms with E-state index in [1.807, 2.05) is 26.0 Å². The lowest BCUT2D eigenvalue weighted by Gasteiger charge is -2.28. The number of benzene rings is 1. The molecule has 7 heteroatoms. The van der Waals surface area contributed by atoms with E-state index in [2.05, 4.69) is 0 Å². The molecule has 0 spiro atoms. The highest BCUT2D eigenvalue weighted by Gasteiger charge is 2.24. The standard InChI is InChI=1S/C21H26ClFN2O3/c1-4-11-24(21(27)16(3)22)14-20(26)25(13-19-10-5-15(2)28-19)12-17-6-8-18(23)9-7-17/h5-10,16H,4,11-14H2,1-3H3. The van der Waals surface area contributed by atoms with E-state index in [9.17, 15) is 14.0 Å². The van der Waals surface area contributed by atoms with Gasteiger partial charge in [-0.3, -0.25) is 9.59 Å². The Morgan fingerprint density at radius 1 is 1.11 bits per heavy atom. The number of rotatable bonds is 9. The third-order valence-corrected chi connectivity index (χ3v) is 4.44. The number of aryl methyl sites for hydroxylation is 1. The van der Waals surface area contributed by atoms with Crippen LogP contribution in [-0.4, -0.2) is 40.1 Å². The van der Waals surface area contributed by atoms with Crippen LogP contribution in [0.25, 0.3) is 0 Å². The molecule has 1 atom stereocenters. The number of amides is 2. The van der Waals surface area contributed by atoms with Gasteiger partial charge in [0.2, 0.25) is 11.8 Å². The molecule has 5 nitrogen and oxygen atoms in total. The van der Waals surface area contributed by atoms with Crippen LogP contribution in [0.2, 0.25) is 0 Å². The summed E-state index contributed by atoms with van der Waals surface area (Å²) in [6, 6.07) is 9.64. The lowest BCUT2D eigenvalue weighted by Crippen LogP contribution is -2.44. The maximum absolute atomic E-state index is 13.2. The SMILES string of the molecule is CCCN(CC(=O)N(Cc1ccc(F)cc1)Cc1ccc(C)o1)C(=O)C(C)Cl. The van der Waals surface area contributed by atoms with Crippen molar-refractivity contribution in [3.05, 3.63) is 59.3 Å². The Labute approximate surface area is 170 Å². The number of carbonyl (C=O) groups excluding carboxylic acids is 2. The van der Waals surface area contributed by atoms with Gasteiger partial charge < -0.3 is 14.2 Å². The van der Waals surface area contributed by atoms with Gasteiger partial charge in [-0.2, -0.15) is 0 Å². The van der Waals surface area contributed by atoms with Crippen LogP contribution < -0.4 is 0 Å². The molecular weight excluding hydrogens is 383 g/mol. The van der Waals surface area contributed by atoms with Gasteiger partial charge in [0.25, 0.3) is 0 Å². The van der Waals surface area contributed by atoms with Crippen LogP contribution in [0.3, 0.4) is 0 Å². The fourth-order valence-corrected chi connectivity index (χ4v) is 2.99. The summed E-state index contributed by atoms with van der Waals surface area (Å²) in [5, 5.41) is -0.697. The first kappa shape index (κ1) is 22.0. The molecule has 28 heavy (non-hydrogen) atoms. The number of alkyl halides is 1. The predicted octanol–water partition coefficient (Wildman–Crippen LogP) is 4.12. The molecule has 1 unspecified atom stereocenters. The van der Waals surface area contributed by atoms with Crippen molar-refractivity contribution in [1.29, 1.82) is 0 Å². The minimum absolute atomic E-state index is 0.0649. The summed E-state index contributed by atoms with van der Waals surface area (Å²) in [5.74, 6) is 0.569. The summed E-state index contributed by atoms with van der Waals surface area (Å²) >= 11 is 5.93. The Balaban J connectivity index is 2.18. The number of halogens is 2. The molecule has 2 amide bonds. The van der Waals surface area contributed by atoms with Gasteiger partial charge in [0.1, 0.15) is 22.7 Å². The van der Waals surface area contributed by atoms with Crippen LogP contribution in [0.5, 0.6) is 0 Å². The van der Waals surface area contributed by atoms with Crippen molar-refractivity contribution in [3.8, 4) is 0 Å². The fraction of sp³-hybridized carbons (Fsp3) is 0.429. The van der Waals surface area contributed by atoms with E-state index >= 15 is 0 Å². The zero-order valence-electron chi connectivity index (χ0n) is 16.5. The van der Waals surface area contributed by atoms with Crippen LogP contribution in [-0.2, 0) is 22.7 Å². The van der Waals surface area contributed by atoms with Crippen LogP contribution in [0, 0.1) is 12.7 Å². The van der Waals surface area contributed by atoms with Gasteiger partial charge in [-0.15, -0.1) is 11.6 Å². The Kier molecular flexibility index (Phi) is 8.05. The average Bonchev–Trinajstić information content (AvgIpc) is 3.06. The first-order valence-electron chi connectivity index (χ1n) is 9.30. The van der Waals surface area contributed by atoms with Crippen molar-refractivity contribution < 1.29 is 18.4 Å². The van der Waals surface area contributed by atoms with Gasteiger partial charge in [-0.05, 0) is 50.1 Å². The predicted molar refractivity (Wildman–Crippen MR) is 106 cm³/mol. The van der Waals surface area contributed by atoms with Crippen molar-refractivity contribution in [2.24, 2.45) is 0 Å². The zero-order valence-corrected chi connectivity index (χ0v) is 17.2. The van der Waals surface area contributed by atoms with E-state index in [0.29, 0.717) is 12.3 Å². The van der Waals surface area contributed by atoms with E-state index in [-0.39, 0.29) is 37.3 Å². The highest BCUT2D eigenvalue weighted by atomic mass is 35.5. The van der Waals surface area contributed by atoms with E-state index in [1.165, 1.54) is 17.0 Å². The van der Waals surface area contributed by atoms with Crippen molar-refractivity contribution >= 4 is 23.4 Å².